The molecule has 0 N–H and O–H groups in total. The van der Waals surface area contributed by atoms with Crippen molar-refractivity contribution >= 4 is 28.3 Å². The maximum atomic E-state index is 13.1. The van der Waals surface area contributed by atoms with Gasteiger partial charge in [0, 0.05) is 32.7 Å². The molecule has 1 heterocycles. The van der Waals surface area contributed by atoms with Gasteiger partial charge in [0.25, 0.3) is 0 Å². The number of pyridine rings is 1. The van der Waals surface area contributed by atoms with E-state index in [-0.39, 0.29) is 5.78 Å². The van der Waals surface area contributed by atoms with Crippen LogP contribution in [0.1, 0.15) is 15.9 Å². The van der Waals surface area contributed by atoms with E-state index in [9.17, 15) is 4.79 Å². The number of carbonyl (C=O) groups is 1. The van der Waals surface area contributed by atoms with Crippen LogP contribution in [-0.4, -0.2) is 10.8 Å². The van der Waals surface area contributed by atoms with E-state index < -0.39 is 0 Å². The minimum absolute atomic E-state index is 0.0532. The molecule has 0 unspecified atom stereocenters. The summed E-state index contributed by atoms with van der Waals surface area (Å²) in [6, 6.07) is 23.2. The molecule has 2 nitrogen and oxygen atoms in total. The van der Waals surface area contributed by atoms with Crippen molar-refractivity contribution in [1.29, 1.82) is 0 Å². The first-order chi connectivity index (χ1) is 12.2. The second kappa shape index (κ2) is 5.27. The highest BCUT2D eigenvalue weighted by Gasteiger charge is 2.32. The van der Waals surface area contributed by atoms with Crippen molar-refractivity contribution in [3.8, 4) is 22.4 Å². The molecule has 3 aromatic carbocycles. The first-order valence-electron chi connectivity index (χ1n) is 8.07. The van der Waals surface area contributed by atoms with Gasteiger partial charge in [-0.05, 0) is 17.7 Å². The van der Waals surface area contributed by atoms with Gasteiger partial charge in [-0.25, -0.2) is 4.98 Å². The molecule has 0 aliphatic heterocycles. The van der Waals surface area contributed by atoms with Crippen LogP contribution in [0, 0.1) is 0 Å². The summed E-state index contributed by atoms with van der Waals surface area (Å²) in [4.78, 5) is 18.0. The average Bonchev–Trinajstić information content (AvgIpc) is 2.95. The Morgan fingerprint density at radius 3 is 2.28 bits per heavy atom. The number of carbonyl (C=O) groups excluding carboxylic acids is 1. The number of rotatable bonds is 1. The van der Waals surface area contributed by atoms with Gasteiger partial charge in [0.1, 0.15) is 0 Å². The van der Waals surface area contributed by atoms with E-state index in [0.717, 1.165) is 44.4 Å². The number of nitrogens with zero attached hydrogens (tertiary/aromatic N) is 1. The fourth-order valence-corrected chi connectivity index (χ4v) is 3.74. The minimum Gasteiger partial charge on any atom is -0.289 e. The first kappa shape index (κ1) is 14.4. The largest absolute Gasteiger partial charge is 0.289 e. The monoisotopic (exact) mass is 341 g/mol. The summed E-state index contributed by atoms with van der Waals surface area (Å²) < 4.78 is 0. The number of hydrogen-bond acceptors (Lipinski definition) is 2. The first-order valence-corrected chi connectivity index (χ1v) is 8.44. The van der Waals surface area contributed by atoms with Gasteiger partial charge in [-0.2, -0.15) is 0 Å². The Morgan fingerprint density at radius 2 is 1.48 bits per heavy atom. The van der Waals surface area contributed by atoms with Crippen molar-refractivity contribution in [1.82, 2.24) is 4.98 Å². The van der Waals surface area contributed by atoms with E-state index in [1.807, 2.05) is 72.8 Å². The van der Waals surface area contributed by atoms with Crippen LogP contribution in [0.4, 0.5) is 0 Å². The number of halogens is 1. The van der Waals surface area contributed by atoms with Crippen LogP contribution in [0.25, 0.3) is 33.3 Å². The molecule has 118 valence electrons. The van der Waals surface area contributed by atoms with Crippen LogP contribution in [0.5, 0.6) is 0 Å². The van der Waals surface area contributed by atoms with Gasteiger partial charge in [-0.1, -0.05) is 72.3 Å². The summed E-state index contributed by atoms with van der Waals surface area (Å²) in [6.07, 6.45) is 0. The van der Waals surface area contributed by atoms with E-state index in [4.69, 9.17) is 16.6 Å². The lowest BCUT2D eigenvalue weighted by Gasteiger charge is -2.12. The molecule has 25 heavy (non-hydrogen) atoms. The molecule has 0 spiro atoms. The summed E-state index contributed by atoms with van der Waals surface area (Å²) in [6.45, 7) is 0. The van der Waals surface area contributed by atoms with E-state index in [1.165, 1.54) is 0 Å². The lowest BCUT2D eigenvalue weighted by molar-refractivity contribution is 0.104. The molecular formula is C22H12ClNO. The zero-order valence-corrected chi connectivity index (χ0v) is 13.9. The van der Waals surface area contributed by atoms with Gasteiger partial charge < -0.3 is 0 Å². The highest BCUT2D eigenvalue weighted by atomic mass is 35.5. The number of benzene rings is 3. The molecule has 0 amide bonds. The molecule has 0 radical (unpaired) electrons. The number of ketones is 1. The van der Waals surface area contributed by atoms with Crippen molar-refractivity contribution in [2.24, 2.45) is 0 Å². The number of fused-ring (bicyclic) bond motifs is 5. The zero-order valence-electron chi connectivity index (χ0n) is 13.2. The Balaban J connectivity index is 1.98. The molecule has 0 saturated carbocycles. The molecule has 0 atom stereocenters. The van der Waals surface area contributed by atoms with Crippen LogP contribution >= 0.6 is 11.6 Å². The predicted molar refractivity (Wildman–Crippen MR) is 101 cm³/mol. The van der Waals surface area contributed by atoms with E-state index in [2.05, 4.69) is 0 Å². The van der Waals surface area contributed by atoms with Gasteiger partial charge in [-0.3, -0.25) is 4.79 Å². The SMILES string of the molecule is O=C1c2ccccc2-c2c(-c3ccccc3)nc3cc(Cl)ccc3c21. The van der Waals surface area contributed by atoms with Gasteiger partial charge in [0.2, 0.25) is 0 Å². The Kier molecular flexibility index (Phi) is 3.03. The highest BCUT2D eigenvalue weighted by Crippen LogP contribution is 2.45. The third-order valence-electron chi connectivity index (χ3n) is 4.66. The summed E-state index contributed by atoms with van der Waals surface area (Å²) in [5.74, 6) is 0.0532. The molecule has 1 aromatic heterocycles. The summed E-state index contributed by atoms with van der Waals surface area (Å²) in [5.41, 5.74) is 5.88. The molecule has 0 fully saturated rings. The fraction of sp³-hybridized carbons (Fsp3) is 0. The van der Waals surface area contributed by atoms with Crippen molar-refractivity contribution in [3.05, 3.63) is 88.9 Å². The second-order valence-electron chi connectivity index (χ2n) is 6.11. The summed E-state index contributed by atoms with van der Waals surface area (Å²) in [5, 5.41) is 1.46. The maximum Gasteiger partial charge on any atom is 0.195 e. The molecule has 0 saturated heterocycles. The van der Waals surface area contributed by atoms with Crippen LogP contribution in [0.3, 0.4) is 0 Å². The van der Waals surface area contributed by atoms with Gasteiger partial charge >= 0.3 is 0 Å². The smallest absolute Gasteiger partial charge is 0.195 e. The summed E-state index contributed by atoms with van der Waals surface area (Å²) >= 11 is 6.17. The standard InChI is InChI=1S/C22H12ClNO/c23-14-10-11-17-18(12-14)24-21(13-6-2-1-3-7-13)19-15-8-4-5-9-16(15)22(25)20(17)19/h1-12H. The highest BCUT2D eigenvalue weighted by molar-refractivity contribution is 6.32. The minimum atomic E-state index is 0.0532. The molecule has 1 aliphatic rings. The Hall–Kier alpha value is -2.97. The molecule has 0 bridgehead atoms. The normalized spacial score (nSPS) is 12.3. The van der Waals surface area contributed by atoms with Gasteiger partial charge in [0.15, 0.2) is 5.78 Å². The molecule has 3 heteroatoms. The van der Waals surface area contributed by atoms with E-state index >= 15 is 0 Å². The van der Waals surface area contributed by atoms with E-state index in [1.54, 1.807) is 0 Å². The van der Waals surface area contributed by atoms with Crippen molar-refractivity contribution in [3.63, 3.8) is 0 Å². The topological polar surface area (TPSA) is 30.0 Å². The third kappa shape index (κ3) is 2.04. The van der Waals surface area contributed by atoms with Crippen LogP contribution < -0.4 is 0 Å². The fourth-order valence-electron chi connectivity index (χ4n) is 3.57. The van der Waals surface area contributed by atoms with Crippen molar-refractivity contribution < 1.29 is 4.79 Å². The Labute approximate surface area is 149 Å². The van der Waals surface area contributed by atoms with Crippen LogP contribution in [0.15, 0.2) is 72.8 Å². The van der Waals surface area contributed by atoms with Crippen molar-refractivity contribution in [2.45, 2.75) is 0 Å². The Bertz CT molecular complexity index is 1170. The lowest BCUT2D eigenvalue weighted by atomic mass is 9.96. The Morgan fingerprint density at radius 1 is 0.760 bits per heavy atom. The van der Waals surface area contributed by atoms with Crippen LogP contribution in [-0.2, 0) is 0 Å². The molecule has 4 aromatic rings. The van der Waals surface area contributed by atoms with Gasteiger partial charge in [0.05, 0.1) is 11.2 Å². The maximum absolute atomic E-state index is 13.1. The quantitative estimate of drug-likeness (QED) is 0.387. The predicted octanol–water partition coefficient (Wildman–Crippen LogP) is 5.77. The number of aromatic nitrogens is 1. The van der Waals surface area contributed by atoms with Gasteiger partial charge in [-0.15, -0.1) is 0 Å². The van der Waals surface area contributed by atoms with E-state index in [0.29, 0.717) is 5.02 Å². The second-order valence-corrected chi connectivity index (χ2v) is 6.55. The third-order valence-corrected chi connectivity index (χ3v) is 4.90. The molecule has 1 aliphatic carbocycles. The average molecular weight is 342 g/mol. The summed E-state index contributed by atoms with van der Waals surface area (Å²) in [7, 11) is 0. The zero-order chi connectivity index (χ0) is 17.0. The van der Waals surface area contributed by atoms with Crippen molar-refractivity contribution in [2.75, 3.05) is 0 Å². The molecular weight excluding hydrogens is 330 g/mol. The molecule has 5 rings (SSSR count). The van der Waals surface area contributed by atoms with Crippen LogP contribution in [0.2, 0.25) is 5.02 Å². The number of hydrogen-bond donors (Lipinski definition) is 0. The lowest BCUT2D eigenvalue weighted by Crippen LogP contribution is -1.99.